The number of thiocarbonyl (C=S) groups is 1. The van der Waals surface area contributed by atoms with Gasteiger partial charge < -0.3 is 11.1 Å². The highest BCUT2D eigenvalue weighted by molar-refractivity contribution is 7.80. The molecule has 0 bridgehead atoms. The van der Waals surface area contributed by atoms with E-state index in [0.29, 0.717) is 18.1 Å². The molecule has 3 aromatic rings. The van der Waals surface area contributed by atoms with Crippen LogP contribution in [0.15, 0.2) is 48.9 Å². The van der Waals surface area contributed by atoms with E-state index >= 15 is 0 Å². The Kier molecular flexibility index (Phi) is 3.70. The maximum Gasteiger partial charge on any atom is 0.155 e. The predicted molar refractivity (Wildman–Crippen MR) is 87.0 cm³/mol. The molecule has 1 aromatic carbocycles. The van der Waals surface area contributed by atoms with Crippen LogP contribution in [0.3, 0.4) is 0 Å². The molecule has 2 heterocycles. The molecule has 0 aliphatic carbocycles. The van der Waals surface area contributed by atoms with Crippen molar-refractivity contribution in [1.82, 2.24) is 15.0 Å². The minimum atomic E-state index is 0.224. The lowest BCUT2D eigenvalue weighted by Gasteiger charge is -2.10. The van der Waals surface area contributed by atoms with Crippen LogP contribution in [0, 0.1) is 0 Å². The molecule has 0 amide bonds. The first-order chi connectivity index (χ1) is 10.3. The second kappa shape index (κ2) is 5.80. The van der Waals surface area contributed by atoms with Gasteiger partial charge in [-0.25, -0.2) is 9.97 Å². The molecule has 104 valence electrons. The number of nitrogens with two attached hydrogens (primary N) is 1. The van der Waals surface area contributed by atoms with Crippen LogP contribution in [-0.4, -0.2) is 19.9 Å². The van der Waals surface area contributed by atoms with Gasteiger partial charge in [-0.15, -0.1) is 0 Å². The lowest BCUT2D eigenvalue weighted by atomic mass is 10.1. The van der Waals surface area contributed by atoms with E-state index in [2.05, 4.69) is 20.3 Å². The molecule has 0 atom stereocenters. The summed E-state index contributed by atoms with van der Waals surface area (Å²) in [4.78, 5) is 13.0. The van der Waals surface area contributed by atoms with Gasteiger partial charge in [0.2, 0.25) is 0 Å². The number of hydrogen-bond acceptors (Lipinski definition) is 5. The van der Waals surface area contributed by atoms with Crippen LogP contribution in [-0.2, 0) is 6.54 Å². The van der Waals surface area contributed by atoms with E-state index in [1.807, 2.05) is 30.3 Å². The maximum atomic E-state index is 5.65. The Balaban J connectivity index is 1.89. The van der Waals surface area contributed by atoms with Crippen molar-refractivity contribution in [2.24, 2.45) is 5.73 Å². The van der Waals surface area contributed by atoms with Crippen molar-refractivity contribution >= 4 is 33.9 Å². The predicted octanol–water partition coefficient (Wildman–Crippen LogP) is 2.27. The van der Waals surface area contributed by atoms with E-state index in [-0.39, 0.29) is 4.99 Å². The first kappa shape index (κ1) is 13.4. The van der Waals surface area contributed by atoms with Crippen molar-refractivity contribution in [3.63, 3.8) is 0 Å². The second-order valence-electron chi connectivity index (χ2n) is 4.46. The van der Waals surface area contributed by atoms with Gasteiger partial charge in [0.25, 0.3) is 0 Å². The van der Waals surface area contributed by atoms with Crippen molar-refractivity contribution in [1.29, 1.82) is 0 Å². The zero-order valence-corrected chi connectivity index (χ0v) is 12.0. The third-order valence-corrected chi connectivity index (χ3v) is 3.29. The molecule has 0 saturated heterocycles. The van der Waals surface area contributed by atoms with Crippen molar-refractivity contribution in [3.05, 3.63) is 60.2 Å². The number of anilines is 1. The van der Waals surface area contributed by atoms with Crippen LogP contribution in [0.25, 0.3) is 10.9 Å². The van der Waals surface area contributed by atoms with Gasteiger partial charge in [-0.05, 0) is 11.6 Å². The standard InChI is InChI=1S/C15H13N5S/c16-14(21)13-15(19-8-7-18-13)20-9-11-4-1-3-10-5-2-6-17-12(10)11/h1-8H,9H2,(H2,16,21)(H,19,20). The number of pyridine rings is 1. The Morgan fingerprint density at radius 2 is 1.86 bits per heavy atom. The van der Waals surface area contributed by atoms with E-state index in [1.54, 1.807) is 18.6 Å². The van der Waals surface area contributed by atoms with Gasteiger partial charge in [-0.1, -0.05) is 36.5 Å². The fourth-order valence-electron chi connectivity index (χ4n) is 2.14. The summed E-state index contributed by atoms with van der Waals surface area (Å²) < 4.78 is 0. The van der Waals surface area contributed by atoms with E-state index in [4.69, 9.17) is 18.0 Å². The quantitative estimate of drug-likeness (QED) is 0.719. The number of nitrogens with zero attached hydrogens (tertiary/aromatic N) is 3. The molecule has 0 unspecified atom stereocenters. The van der Waals surface area contributed by atoms with Crippen LogP contribution in [0.5, 0.6) is 0 Å². The largest absolute Gasteiger partial charge is 0.388 e. The Morgan fingerprint density at radius 1 is 1.05 bits per heavy atom. The molecule has 0 radical (unpaired) electrons. The first-order valence-electron chi connectivity index (χ1n) is 6.43. The third-order valence-electron chi connectivity index (χ3n) is 3.09. The number of rotatable bonds is 4. The SMILES string of the molecule is NC(=S)c1nccnc1NCc1cccc2cccnc12. The monoisotopic (exact) mass is 295 g/mol. The van der Waals surface area contributed by atoms with E-state index in [9.17, 15) is 0 Å². The van der Waals surface area contributed by atoms with E-state index < -0.39 is 0 Å². The maximum absolute atomic E-state index is 5.65. The highest BCUT2D eigenvalue weighted by Crippen LogP contribution is 2.17. The summed E-state index contributed by atoms with van der Waals surface area (Å²) in [6.45, 7) is 0.572. The van der Waals surface area contributed by atoms with E-state index in [0.717, 1.165) is 16.5 Å². The average Bonchev–Trinajstić information content (AvgIpc) is 2.53. The van der Waals surface area contributed by atoms with Crippen LogP contribution in [0.1, 0.15) is 11.3 Å². The summed E-state index contributed by atoms with van der Waals surface area (Å²) in [5, 5.41) is 4.32. The molecule has 3 rings (SSSR count). The minimum absolute atomic E-state index is 0.224. The first-order valence-corrected chi connectivity index (χ1v) is 6.84. The summed E-state index contributed by atoms with van der Waals surface area (Å²) in [5.41, 5.74) is 8.19. The smallest absolute Gasteiger partial charge is 0.155 e. The highest BCUT2D eigenvalue weighted by atomic mass is 32.1. The van der Waals surface area contributed by atoms with E-state index in [1.165, 1.54) is 0 Å². The molecule has 21 heavy (non-hydrogen) atoms. The third kappa shape index (κ3) is 2.80. The highest BCUT2D eigenvalue weighted by Gasteiger charge is 2.08. The molecule has 0 fully saturated rings. The normalized spacial score (nSPS) is 10.5. The number of nitrogens with one attached hydrogen (secondary N) is 1. The zero-order valence-electron chi connectivity index (χ0n) is 11.2. The van der Waals surface area contributed by atoms with Gasteiger partial charge in [-0.2, -0.15) is 0 Å². The summed E-state index contributed by atoms with van der Waals surface area (Å²) in [6, 6.07) is 10.0. The molecular formula is C15H13N5S. The summed E-state index contributed by atoms with van der Waals surface area (Å²) >= 11 is 4.98. The molecule has 0 saturated carbocycles. The van der Waals surface area contributed by atoms with Crippen LogP contribution in [0.2, 0.25) is 0 Å². The molecule has 2 aromatic heterocycles. The van der Waals surface area contributed by atoms with Crippen molar-refractivity contribution in [2.45, 2.75) is 6.54 Å². The molecule has 0 aliphatic heterocycles. The number of hydrogen-bond donors (Lipinski definition) is 2. The lowest BCUT2D eigenvalue weighted by Crippen LogP contribution is -2.16. The molecular weight excluding hydrogens is 282 g/mol. The van der Waals surface area contributed by atoms with Gasteiger partial charge in [0.1, 0.15) is 10.7 Å². The summed E-state index contributed by atoms with van der Waals surface area (Å²) in [5.74, 6) is 0.581. The Morgan fingerprint density at radius 3 is 2.71 bits per heavy atom. The van der Waals surface area contributed by atoms with Crippen LogP contribution >= 0.6 is 12.2 Å². The van der Waals surface area contributed by atoms with Crippen LogP contribution < -0.4 is 11.1 Å². The summed E-state index contributed by atoms with van der Waals surface area (Å²) in [6.07, 6.45) is 4.96. The second-order valence-corrected chi connectivity index (χ2v) is 4.90. The van der Waals surface area contributed by atoms with Crippen molar-refractivity contribution in [2.75, 3.05) is 5.32 Å². The Bertz CT molecular complexity index is 797. The topological polar surface area (TPSA) is 76.7 Å². The van der Waals surface area contributed by atoms with Crippen molar-refractivity contribution < 1.29 is 0 Å². The zero-order chi connectivity index (χ0) is 14.7. The molecule has 0 spiro atoms. The van der Waals surface area contributed by atoms with Gasteiger partial charge >= 0.3 is 0 Å². The molecule has 5 nitrogen and oxygen atoms in total. The number of para-hydroxylation sites is 1. The lowest BCUT2D eigenvalue weighted by molar-refractivity contribution is 1.08. The Hall–Kier alpha value is -2.60. The fraction of sp³-hybridized carbons (Fsp3) is 0.0667. The number of fused-ring (bicyclic) bond motifs is 1. The van der Waals surface area contributed by atoms with Crippen molar-refractivity contribution in [3.8, 4) is 0 Å². The molecule has 0 aliphatic rings. The van der Waals surface area contributed by atoms with Crippen LogP contribution in [0.4, 0.5) is 5.82 Å². The van der Waals surface area contributed by atoms with Gasteiger partial charge in [0.15, 0.2) is 5.82 Å². The Labute approximate surface area is 127 Å². The molecule has 3 N–H and O–H groups in total. The average molecular weight is 295 g/mol. The minimum Gasteiger partial charge on any atom is -0.388 e. The van der Waals surface area contributed by atoms with Gasteiger partial charge in [-0.3, -0.25) is 4.98 Å². The van der Waals surface area contributed by atoms with Gasteiger partial charge in [0, 0.05) is 30.5 Å². The molecule has 6 heteroatoms. The fourth-order valence-corrected chi connectivity index (χ4v) is 2.29. The van der Waals surface area contributed by atoms with Gasteiger partial charge in [0.05, 0.1) is 5.52 Å². The summed E-state index contributed by atoms with van der Waals surface area (Å²) in [7, 11) is 0. The number of aromatic nitrogens is 3. The number of benzene rings is 1.